The lowest BCUT2D eigenvalue weighted by atomic mass is 9.95. The Balaban J connectivity index is 1.71. The number of aryl methyl sites for hydroxylation is 2. The van der Waals surface area contributed by atoms with Gasteiger partial charge < -0.3 is 15.7 Å². The van der Waals surface area contributed by atoms with E-state index in [9.17, 15) is 9.90 Å². The van der Waals surface area contributed by atoms with Crippen LogP contribution < -0.4 is 5.73 Å². The Morgan fingerprint density at radius 3 is 2.84 bits per heavy atom. The molecule has 25 heavy (non-hydrogen) atoms. The largest absolute Gasteiger partial charge is 0.508 e. The molecule has 1 atom stereocenters. The van der Waals surface area contributed by atoms with E-state index in [4.69, 9.17) is 5.73 Å². The third-order valence-corrected chi connectivity index (χ3v) is 5.75. The van der Waals surface area contributed by atoms with Gasteiger partial charge in [-0.2, -0.15) is 0 Å². The number of carbonyl (C=O) groups excluding carboxylic acids is 1. The van der Waals surface area contributed by atoms with Crippen LogP contribution in [0.2, 0.25) is 0 Å². The molecule has 1 aliphatic heterocycles. The van der Waals surface area contributed by atoms with Crippen molar-refractivity contribution in [2.24, 2.45) is 0 Å². The lowest BCUT2D eigenvalue weighted by Crippen LogP contribution is -2.44. The smallest absolute Gasteiger partial charge is 0.266 e. The van der Waals surface area contributed by atoms with Crippen LogP contribution in [0.15, 0.2) is 24.3 Å². The van der Waals surface area contributed by atoms with Crippen LogP contribution in [0.25, 0.3) is 0 Å². The Labute approximate surface area is 152 Å². The zero-order valence-corrected chi connectivity index (χ0v) is 15.4. The van der Waals surface area contributed by atoms with Gasteiger partial charge in [0.2, 0.25) is 0 Å². The van der Waals surface area contributed by atoms with Crippen LogP contribution in [0.5, 0.6) is 5.75 Å². The average Bonchev–Trinajstić information content (AvgIpc) is 3.02. The summed E-state index contributed by atoms with van der Waals surface area (Å²) in [6.07, 6.45) is 5.82. The second kappa shape index (κ2) is 7.87. The number of phenolic OH excluding ortho intramolecular Hbond substituents is 1. The molecule has 0 bridgehead atoms. The molecule has 0 unspecified atom stereocenters. The Morgan fingerprint density at radius 1 is 1.36 bits per heavy atom. The Hall–Kier alpha value is -2.08. The first-order valence-electron chi connectivity index (χ1n) is 8.92. The molecule has 0 radical (unpaired) electrons. The van der Waals surface area contributed by atoms with E-state index in [0.29, 0.717) is 10.0 Å². The highest BCUT2D eigenvalue weighted by Crippen LogP contribution is 2.28. The number of nitrogens with two attached hydrogens (primary N) is 1. The van der Waals surface area contributed by atoms with Crippen LogP contribution in [-0.4, -0.2) is 33.5 Å². The Morgan fingerprint density at radius 2 is 2.12 bits per heavy atom. The molecular weight excluding hydrogens is 334 g/mol. The number of amides is 1. The number of thiazole rings is 1. The highest BCUT2D eigenvalue weighted by molar-refractivity contribution is 7.17. The van der Waals surface area contributed by atoms with E-state index in [2.05, 4.69) is 4.98 Å². The molecule has 0 spiro atoms. The van der Waals surface area contributed by atoms with Gasteiger partial charge >= 0.3 is 0 Å². The molecule has 0 saturated carbocycles. The zero-order chi connectivity index (χ0) is 17.8. The minimum Gasteiger partial charge on any atom is -0.508 e. The normalized spacial score (nSPS) is 17.6. The molecule has 1 aromatic heterocycles. The van der Waals surface area contributed by atoms with E-state index >= 15 is 0 Å². The molecule has 1 aliphatic rings. The van der Waals surface area contributed by atoms with E-state index in [0.717, 1.165) is 50.8 Å². The number of rotatable bonds is 5. The first kappa shape index (κ1) is 17.7. The summed E-state index contributed by atoms with van der Waals surface area (Å²) >= 11 is 1.31. The highest BCUT2D eigenvalue weighted by atomic mass is 32.1. The van der Waals surface area contributed by atoms with Crippen LogP contribution >= 0.6 is 11.3 Å². The second-order valence-electron chi connectivity index (χ2n) is 6.53. The number of aromatic hydroxyl groups is 1. The van der Waals surface area contributed by atoms with Crippen LogP contribution in [0, 0.1) is 0 Å². The summed E-state index contributed by atoms with van der Waals surface area (Å²) in [7, 11) is 0. The number of anilines is 1. The van der Waals surface area contributed by atoms with Gasteiger partial charge in [-0.3, -0.25) is 4.79 Å². The summed E-state index contributed by atoms with van der Waals surface area (Å²) in [5.41, 5.74) is 7.82. The summed E-state index contributed by atoms with van der Waals surface area (Å²) in [4.78, 5) is 20.1. The fourth-order valence-electron chi connectivity index (χ4n) is 3.47. The number of hydrogen-bond donors (Lipinski definition) is 2. The van der Waals surface area contributed by atoms with Crippen molar-refractivity contribution in [2.45, 2.75) is 51.5 Å². The Bertz CT molecular complexity index is 727. The standard InChI is InChI=1S/C19H25N3O2S/c1-2-16-17(25-19(20)21-16)18(24)22-12-4-3-5-14(22)9-6-13-7-10-15(23)11-8-13/h7-8,10-11,14,23H,2-6,9,12H2,1H3,(H2,20,21)/t14-/m0/s1. The quantitative estimate of drug-likeness (QED) is 0.854. The molecule has 3 rings (SSSR count). The van der Waals surface area contributed by atoms with Crippen molar-refractivity contribution in [1.29, 1.82) is 0 Å². The number of phenols is 1. The first-order chi connectivity index (χ1) is 12.1. The summed E-state index contributed by atoms with van der Waals surface area (Å²) in [5, 5.41) is 9.87. The molecule has 1 amide bonds. The van der Waals surface area contributed by atoms with Gasteiger partial charge in [-0.25, -0.2) is 4.98 Å². The predicted octanol–water partition coefficient (Wildman–Crippen LogP) is 3.62. The van der Waals surface area contributed by atoms with Crippen molar-refractivity contribution in [3.63, 3.8) is 0 Å². The topological polar surface area (TPSA) is 79.5 Å². The maximum Gasteiger partial charge on any atom is 0.266 e. The van der Waals surface area contributed by atoms with Gasteiger partial charge in [0.05, 0.1) is 5.69 Å². The third-order valence-electron chi connectivity index (χ3n) is 4.83. The third kappa shape index (κ3) is 4.12. The number of aromatic nitrogens is 1. The molecule has 1 aromatic carbocycles. The number of hydrogen-bond acceptors (Lipinski definition) is 5. The minimum atomic E-state index is 0.0847. The number of carbonyl (C=O) groups is 1. The van der Waals surface area contributed by atoms with Crippen molar-refractivity contribution in [2.75, 3.05) is 12.3 Å². The number of nitrogen functional groups attached to an aromatic ring is 1. The summed E-state index contributed by atoms with van der Waals surface area (Å²) in [6, 6.07) is 7.58. The van der Waals surface area contributed by atoms with E-state index in [-0.39, 0.29) is 17.7 Å². The lowest BCUT2D eigenvalue weighted by Gasteiger charge is -2.36. The van der Waals surface area contributed by atoms with Crippen molar-refractivity contribution in [3.05, 3.63) is 40.4 Å². The molecule has 2 heterocycles. The molecule has 1 fully saturated rings. The van der Waals surface area contributed by atoms with E-state index in [1.807, 2.05) is 24.0 Å². The first-order valence-corrected chi connectivity index (χ1v) is 9.74. The molecule has 134 valence electrons. The van der Waals surface area contributed by atoms with Gasteiger partial charge in [-0.15, -0.1) is 0 Å². The van der Waals surface area contributed by atoms with Crippen molar-refractivity contribution in [3.8, 4) is 5.75 Å². The summed E-state index contributed by atoms with van der Waals surface area (Å²) in [6.45, 7) is 2.81. The van der Waals surface area contributed by atoms with Crippen LogP contribution in [-0.2, 0) is 12.8 Å². The van der Waals surface area contributed by atoms with Crippen LogP contribution in [0.4, 0.5) is 5.13 Å². The van der Waals surface area contributed by atoms with E-state index in [1.54, 1.807) is 12.1 Å². The van der Waals surface area contributed by atoms with Crippen molar-refractivity contribution >= 4 is 22.4 Å². The maximum absolute atomic E-state index is 13.1. The molecule has 3 N–H and O–H groups in total. The molecule has 6 heteroatoms. The number of benzene rings is 1. The number of piperidine rings is 1. The molecule has 5 nitrogen and oxygen atoms in total. The van der Waals surface area contributed by atoms with Crippen LogP contribution in [0.1, 0.15) is 53.5 Å². The monoisotopic (exact) mass is 359 g/mol. The SMILES string of the molecule is CCc1nc(N)sc1C(=O)N1CCCC[C@H]1CCc1ccc(O)cc1. The van der Waals surface area contributed by atoms with Gasteiger partial charge in [-0.05, 0) is 56.2 Å². The van der Waals surface area contributed by atoms with Gasteiger partial charge in [0, 0.05) is 12.6 Å². The van der Waals surface area contributed by atoms with Gasteiger partial charge in [0.15, 0.2) is 5.13 Å². The fraction of sp³-hybridized carbons (Fsp3) is 0.474. The zero-order valence-electron chi connectivity index (χ0n) is 14.6. The van der Waals surface area contributed by atoms with E-state index < -0.39 is 0 Å². The molecular formula is C19H25N3O2S. The van der Waals surface area contributed by atoms with Crippen molar-refractivity contribution < 1.29 is 9.90 Å². The highest BCUT2D eigenvalue weighted by Gasteiger charge is 2.29. The van der Waals surface area contributed by atoms with E-state index in [1.165, 1.54) is 16.9 Å². The summed E-state index contributed by atoms with van der Waals surface area (Å²) < 4.78 is 0. The molecule has 2 aromatic rings. The Kier molecular flexibility index (Phi) is 5.58. The van der Waals surface area contributed by atoms with Crippen molar-refractivity contribution in [1.82, 2.24) is 9.88 Å². The molecule has 0 aliphatic carbocycles. The van der Waals surface area contributed by atoms with Gasteiger partial charge in [0.25, 0.3) is 5.91 Å². The number of likely N-dealkylation sites (tertiary alicyclic amines) is 1. The summed E-state index contributed by atoms with van der Waals surface area (Å²) in [5.74, 6) is 0.370. The van der Waals surface area contributed by atoms with Crippen LogP contribution in [0.3, 0.4) is 0 Å². The molecule has 1 saturated heterocycles. The van der Waals surface area contributed by atoms with Gasteiger partial charge in [-0.1, -0.05) is 30.4 Å². The second-order valence-corrected chi connectivity index (χ2v) is 7.57. The minimum absolute atomic E-state index is 0.0847. The van der Waals surface area contributed by atoms with Gasteiger partial charge in [0.1, 0.15) is 10.6 Å². The average molecular weight is 359 g/mol. The fourth-order valence-corrected chi connectivity index (χ4v) is 4.35. The lowest BCUT2D eigenvalue weighted by molar-refractivity contribution is 0.0605. The maximum atomic E-state index is 13.1. The number of nitrogens with zero attached hydrogens (tertiary/aromatic N) is 2. The predicted molar refractivity (Wildman–Crippen MR) is 101 cm³/mol.